The van der Waals surface area contributed by atoms with E-state index in [4.69, 9.17) is 9.47 Å². The molecule has 0 aromatic carbocycles. The molecular formula is C27H49NO5. The van der Waals surface area contributed by atoms with E-state index in [0.717, 1.165) is 38.5 Å². The molecule has 1 fully saturated rings. The lowest BCUT2D eigenvalue weighted by Crippen LogP contribution is -2.47. The first-order valence-corrected chi connectivity index (χ1v) is 13.7. The zero-order valence-corrected chi connectivity index (χ0v) is 21.3. The van der Waals surface area contributed by atoms with Crippen LogP contribution in [0.3, 0.4) is 0 Å². The molecular weight excluding hydrogens is 418 g/mol. The Balaban J connectivity index is 2.30. The Bertz CT molecular complexity index is 525. The third kappa shape index (κ3) is 14.3. The first-order chi connectivity index (χ1) is 16.1. The highest BCUT2D eigenvalue weighted by Gasteiger charge is 2.43. The average molecular weight is 468 g/mol. The third-order valence-corrected chi connectivity index (χ3v) is 6.64. The van der Waals surface area contributed by atoms with E-state index in [0.29, 0.717) is 12.8 Å². The monoisotopic (exact) mass is 467 g/mol. The number of rotatable bonds is 23. The lowest BCUT2D eigenvalue weighted by Gasteiger charge is -2.37. The van der Waals surface area contributed by atoms with Crippen molar-refractivity contribution >= 4 is 18.3 Å². The second-order valence-corrected chi connectivity index (χ2v) is 9.60. The second kappa shape index (κ2) is 19.8. The van der Waals surface area contributed by atoms with E-state index in [2.05, 4.69) is 19.2 Å². The molecule has 0 bridgehead atoms. The first kappa shape index (κ1) is 29.4. The summed E-state index contributed by atoms with van der Waals surface area (Å²) in [4.78, 5) is 34.4. The Kier molecular flexibility index (Phi) is 17.7. The van der Waals surface area contributed by atoms with Crippen LogP contribution in [-0.4, -0.2) is 37.1 Å². The van der Waals surface area contributed by atoms with E-state index in [1.54, 1.807) is 0 Å². The second-order valence-electron chi connectivity index (χ2n) is 9.60. The molecule has 6 nitrogen and oxygen atoms in total. The van der Waals surface area contributed by atoms with Crippen molar-refractivity contribution < 1.29 is 23.9 Å². The Morgan fingerprint density at radius 1 is 0.909 bits per heavy atom. The maximum atomic E-state index is 12.0. The number of esters is 2. The molecule has 1 aliphatic rings. The van der Waals surface area contributed by atoms with E-state index in [9.17, 15) is 14.4 Å². The smallest absolute Gasteiger partial charge is 0.325 e. The third-order valence-electron chi connectivity index (χ3n) is 6.64. The van der Waals surface area contributed by atoms with Crippen LogP contribution in [0.5, 0.6) is 0 Å². The van der Waals surface area contributed by atoms with Crippen LogP contribution in [0.2, 0.25) is 0 Å². The van der Waals surface area contributed by atoms with Gasteiger partial charge in [-0.2, -0.15) is 0 Å². The molecule has 0 radical (unpaired) electrons. The zero-order chi connectivity index (χ0) is 24.2. The molecule has 192 valence electrons. The normalized spacial score (nSPS) is 18.3. The first-order valence-electron chi connectivity index (χ1n) is 13.7. The van der Waals surface area contributed by atoms with E-state index >= 15 is 0 Å². The predicted molar refractivity (Wildman–Crippen MR) is 132 cm³/mol. The summed E-state index contributed by atoms with van der Waals surface area (Å²) < 4.78 is 11.0. The summed E-state index contributed by atoms with van der Waals surface area (Å²) in [6.07, 6.45) is 20.8. The van der Waals surface area contributed by atoms with Crippen molar-refractivity contribution in [3.8, 4) is 0 Å². The number of ether oxygens (including phenoxy) is 2. The molecule has 33 heavy (non-hydrogen) atoms. The fourth-order valence-electron chi connectivity index (χ4n) is 4.58. The highest BCUT2D eigenvalue weighted by atomic mass is 16.6. The number of unbranched alkanes of at least 4 members (excludes halogenated alkanes) is 13. The fourth-order valence-corrected chi connectivity index (χ4v) is 4.58. The van der Waals surface area contributed by atoms with Crippen molar-refractivity contribution in [1.29, 1.82) is 0 Å². The number of hydrogen-bond acceptors (Lipinski definition) is 5. The van der Waals surface area contributed by atoms with E-state index in [-0.39, 0.29) is 30.6 Å². The van der Waals surface area contributed by atoms with E-state index in [1.165, 1.54) is 70.6 Å². The van der Waals surface area contributed by atoms with Gasteiger partial charge in [-0.25, -0.2) is 0 Å². The molecule has 0 spiro atoms. The molecule has 1 amide bonds. The lowest BCUT2D eigenvalue weighted by molar-refractivity contribution is -0.190. The highest BCUT2D eigenvalue weighted by Crippen LogP contribution is 2.32. The molecule has 0 saturated carbocycles. The quantitative estimate of drug-likeness (QED) is 0.109. The van der Waals surface area contributed by atoms with Crippen LogP contribution in [0, 0.1) is 5.92 Å². The molecule has 0 aromatic rings. The van der Waals surface area contributed by atoms with Crippen LogP contribution < -0.4 is 5.32 Å². The number of hydrogen-bond donors (Lipinski definition) is 1. The Morgan fingerprint density at radius 3 is 2.00 bits per heavy atom. The van der Waals surface area contributed by atoms with Crippen LogP contribution in [0.15, 0.2) is 0 Å². The average Bonchev–Trinajstić information content (AvgIpc) is 2.80. The van der Waals surface area contributed by atoms with Crippen LogP contribution in [0.25, 0.3) is 0 Å². The topological polar surface area (TPSA) is 81.7 Å². The van der Waals surface area contributed by atoms with Crippen molar-refractivity contribution in [2.24, 2.45) is 5.92 Å². The van der Waals surface area contributed by atoms with Crippen molar-refractivity contribution in [1.82, 2.24) is 5.32 Å². The van der Waals surface area contributed by atoms with Crippen LogP contribution in [0.4, 0.5) is 0 Å². The van der Waals surface area contributed by atoms with Crippen LogP contribution >= 0.6 is 0 Å². The van der Waals surface area contributed by atoms with Crippen molar-refractivity contribution in [3.63, 3.8) is 0 Å². The van der Waals surface area contributed by atoms with Crippen molar-refractivity contribution in [2.45, 2.75) is 142 Å². The summed E-state index contributed by atoms with van der Waals surface area (Å²) >= 11 is 0. The van der Waals surface area contributed by atoms with Gasteiger partial charge in [0.1, 0.15) is 18.8 Å². The van der Waals surface area contributed by atoms with Gasteiger partial charge in [-0.15, -0.1) is 0 Å². The van der Waals surface area contributed by atoms with Gasteiger partial charge in [0.05, 0.1) is 5.92 Å². The van der Waals surface area contributed by atoms with Gasteiger partial charge in [-0.05, 0) is 19.3 Å². The summed E-state index contributed by atoms with van der Waals surface area (Å²) in [5, 5.41) is 2.36. The van der Waals surface area contributed by atoms with Gasteiger partial charge in [0.15, 0.2) is 0 Å². The molecule has 1 heterocycles. The molecule has 3 atom stereocenters. The highest BCUT2D eigenvalue weighted by molar-refractivity contribution is 5.78. The number of carbonyl (C=O) groups excluding carboxylic acids is 3. The summed E-state index contributed by atoms with van der Waals surface area (Å²) in [5.74, 6) is -0.604. The minimum absolute atomic E-state index is 0.0616. The minimum atomic E-state index is -0.430. The molecule has 1 rings (SSSR count). The van der Waals surface area contributed by atoms with Gasteiger partial charge in [-0.3, -0.25) is 14.4 Å². The predicted octanol–water partition coefficient (Wildman–Crippen LogP) is 6.25. The van der Waals surface area contributed by atoms with Gasteiger partial charge >= 0.3 is 11.9 Å². The Labute approximate surface area is 201 Å². The minimum Gasteiger partial charge on any atom is -0.461 e. The number of amides is 1. The van der Waals surface area contributed by atoms with Crippen molar-refractivity contribution in [3.05, 3.63) is 0 Å². The molecule has 1 aliphatic heterocycles. The molecule has 0 aliphatic carbocycles. The molecule has 1 N–H and O–H groups in total. The lowest BCUT2D eigenvalue weighted by atomic mass is 9.86. The van der Waals surface area contributed by atoms with Crippen LogP contribution in [0.1, 0.15) is 129 Å². The van der Waals surface area contributed by atoms with Gasteiger partial charge in [0, 0.05) is 6.42 Å². The summed E-state index contributed by atoms with van der Waals surface area (Å²) in [5.41, 5.74) is 0. The van der Waals surface area contributed by atoms with Gasteiger partial charge < -0.3 is 14.8 Å². The Morgan fingerprint density at radius 2 is 1.45 bits per heavy atom. The maximum Gasteiger partial charge on any atom is 0.325 e. The zero-order valence-electron chi connectivity index (χ0n) is 21.3. The standard InChI is InChI=1S/C27H49NO5/c1-3-5-7-9-10-11-12-13-14-15-16-18-23(32-26(30)21-28-22-29)20-25-24(27(31)33-25)19-17-8-6-4-2/h22-25H,3-21H2,1-2H3,(H,28,29)/t23-,24-,25-/m0/s1. The summed E-state index contributed by atoms with van der Waals surface area (Å²) in [6.45, 7) is 4.30. The largest absolute Gasteiger partial charge is 0.461 e. The fraction of sp³-hybridized carbons (Fsp3) is 0.889. The molecule has 0 aromatic heterocycles. The molecule has 6 heteroatoms. The van der Waals surface area contributed by atoms with Gasteiger partial charge in [0.2, 0.25) is 6.41 Å². The number of nitrogens with one attached hydrogen (secondary N) is 1. The summed E-state index contributed by atoms with van der Waals surface area (Å²) in [6, 6.07) is 0. The summed E-state index contributed by atoms with van der Waals surface area (Å²) in [7, 11) is 0. The number of carbonyl (C=O) groups is 3. The van der Waals surface area contributed by atoms with Crippen molar-refractivity contribution in [2.75, 3.05) is 6.54 Å². The van der Waals surface area contributed by atoms with Gasteiger partial charge in [-0.1, -0.05) is 104 Å². The van der Waals surface area contributed by atoms with E-state index < -0.39 is 5.97 Å². The number of cyclic esters (lactones) is 1. The van der Waals surface area contributed by atoms with Crippen LogP contribution in [-0.2, 0) is 23.9 Å². The molecule has 1 saturated heterocycles. The Hall–Kier alpha value is -1.59. The van der Waals surface area contributed by atoms with E-state index in [1.807, 2.05) is 0 Å². The maximum absolute atomic E-state index is 12.0. The van der Waals surface area contributed by atoms with Gasteiger partial charge in [0.25, 0.3) is 0 Å². The molecule has 0 unspecified atom stereocenters. The SMILES string of the molecule is CCCCCCCCCCCCC[C@@H](C[C@@H]1OC(=O)[C@H]1CCCCCC)OC(=O)CNC=O.